The van der Waals surface area contributed by atoms with Crippen LogP contribution in [0.2, 0.25) is 0 Å². The molecule has 84 valence electrons. The second-order valence-electron chi connectivity index (χ2n) is 3.67. The van der Waals surface area contributed by atoms with Crippen LogP contribution in [0, 0.1) is 0 Å². The van der Waals surface area contributed by atoms with Crippen LogP contribution in [0.15, 0.2) is 17.4 Å². The van der Waals surface area contributed by atoms with Crippen molar-refractivity contribution in [3.63, 3.8) is 0 Å². The van der Waals surface area contributed by atoms with E-state index in [-0.39, 0.29) is 5.91 Å². The predicted octanol–water partition coefficient (Wildman–Crippen LogP) is 1.32. The molecule has 7 nitrogen and oxygen atoms in total. The zero-order valence-electron chi connectivity index (χ0n) is 8.94. The lowest BCUT2D eigenvalue weighted by molar-refractivity contribution is -0.119. The maximum Gasteiger partial charge on any atom is 0.236 e. The monoisotopic (exact) mass is 220 g/mol. The standard InChI is InChI=1S/C9H12N6O/c1-14-8-4-5-11-15(8)6-2-3-7(9(14)16)12-13-10/h4-5,7H,2-3,6H2,1H3. The molecule has 2 heterocycles. The summed E-state index contributed by atoms with van der Waals surface area (Å²) in [4.78, 5) is 16.2. The Labute approximate surface area is 92.3 Å². The molecule has 0 radical (unpaired) electrons. The molecule has 1 amide bonds. The molecule has 1 aromatic heterocycles. The lowest BCUT2D eigenvalue weighted by atomic mass is 10.1. The highest BCUT2D eigenvalue weighted by atomic mass is 16.2. The van der Waals surface area contributed by atoms with E-state index in [9.17, 15) is 4.79 Å². The van der Waals surface area contributed by atoms with Crippen molar-refractivity contribution in [3.8, 4) is 0 Å². The fraction of sp³-hybridized carbons (Fsp3) is 0.556. The summed E-state index contributed by atoms with van der Waals surface area (Å²) in [5, 5.41) is 7.67. The molecule has 1 aromatic rings. The van der Waals surface area contributed by atoms with Gasteiger partial charge in [-0.3, -0.25) is 9.69 Å². The molecular weight excluding hydrogens is 208 g/mol. The molecule has 1 atom stereocenters. The first-order valence-electron chi connectivity index (χ1n) is 5.07. The minimum absolute atomic E-state index is 0.181. The summed E-state index contributed by atoms with van der Waals surface area (Å²) in [6, 6.07) is 1.18. The Balaban J connectivity index is 2.34. The van der Waals surface area contributed by atoms with Gasteiger partial charge in [0.25, 0.3) is 0 Å². The van der Waals surface area contributed by atoms with Crippen molar-refractivity contribution >= 4 is 11.7 Å². The van der Waals surface area contributed by atoms with E-state index < -0.39 is 6.04 Å². The molecule has 0 saturated heterocycles. The van der Waals surface area contributed by atoms with Crippen molar-refractivity contribution in [3.05, 3.63) is 22.7 Å². The Kier molecular flexibility index (Phi) is 2.78. The topological polar surface area (TPSA) is 86.9 Å². The van der Waals surface area contributed by atoms with Gasteiger partial charge in [0.2, 0.25) is 5.91 Å². The largest absolute Gasteiger partial charge is 0.300 e. The van der Waals surface area contributed by atoms with Crippen LogP contribution in [0.3, 0.4) is 0 Å². The van der Waals surface area contributed by atoms with Crippen LogP contribution >= 0.6 is 0 Å². The fourth-order valence-corrected chi connectivity index (χ4v) is 1.85. The summed E-state index contributed by atoms with van der Waals surface area (Å²) in [5.41, 5.74) is 8.41. The van der Waals surface area contributed by atoms with Gasteiger partial charge in [-0.15, -0.1) is 0 Å². The number of hydrogen-bond acceptors (Lipinski definition) is 3. The lowest BCUT2D eigenvalue weighted by Gasteiger charge is -2.24. The van der Waals surface area contributed by atoms with E-state index in [1.807, 2.05) is 0 Å². The number of fused-ring (bicyclic) bond motifs is 1. The average molecular weight is 220 g/mol. The first-order valence-corrected chi connectivity index (χ1v) is 5.07. The van der Waals surface area contributed by atoms with E-state index >= 15 is 0 Å². The number of azide groups is 1. The van der Waals surface area contributed by atoms with Gasteiger partial charge < -0.3 is 0 Å². The first-order chi connectivity index (χ1) is 7.74. The van der Waals surface area contributed by atoms with E-state index in [0.29, 0.717) is 6.42 Å². The van der Waals surface area contributed by atoms with Crippen molar-refractivity contribution in [2.24, 2.45) is 5.11 Å². The number of anilines is 1. The molecule has 0 bridgehead atoms. The average Bonchev–Trinajstić information content (AvgIpc) is 2.73. The summed E-state index contributed by atoms with van der Waals surface area (Å²) in [6.07, 6.45) is 3.00. The smallest absolute Gasteiger partial charge is 0.236 e. The number of hydrogen-bond donors (Lipinski definition) is 0. The van der Waals surface area contributed by atoms with Gasteiger partial charge in [-0.2, -0.15) is 5.10 Å². The molecule has 0 saturated carbocycles. The molecule has 16 heavy (non-hydrogen) atoms. The predicted molar refractivity (Wildman–Crippen MR) is 57.8 cm³/mol. The summed E-state index contributed by atoms with van der Waals surface area (Å²) < 4.78 is 1.78. The Hall–Kier alpha value is -2.01. The van der Waals surface area contributed by atoms with Crippen LogP contribution in [-0.2, 0) is 11.3 Å². The van der Waals surface area contributed by atoms with Crippen LogP contribution < -0.4 is 4.90 Å². The molecule has 0 aromatic carbocycles. The van der Waals surface area contributed by atoms with Gasteiger partial charge in [0.1, 0.15) is 11.9 Å². The third kappa shape index (κ3) is 1.72. The van der Waals surface area contributed by atoms with Gasteiger partial charge in [0.15, 0.2) is 0 Å². The van der Waals surface area contributed by atoms with Crippen molar-refractivity contribution in [1.82, 2.24) is 9.78 Å². The minimum Gasteiger partial charge on any atom is -0.300 e. The number of aromatic nitrogens is 2. The first kappa shape index (κ1) is 10.5. The lowest BCUT2D eigenvalue weighted by Crippen LogP contribution is -2.38. The Morgan fingerprint density at radius 3 is 3.25 bits per heavy atom. The second-order valence-corrected chi connectivity index (χ2v) is 3.67. The number of carbonyl (C=O) groups excluding carboxylic acids is 1. The molecule has 0 spiro atoms. The van der Waals surface area contributed by atoms with Gasteiger partial charge in [0.05, 0.1) is 6.20 Å². The van der Waals surface area contributed by atoms with Crippen molar-refractivity contribution < 1.29 is 4.79 Å². The van der Waals surface area contributed by atoms with Crippen LogP contribution in [0.25, 0.3) is 10.4 Å². The minimum atomic E-state index is -0.598. The number of rotatable bonds is 1. The van der Waals surface area contributed by atoms with E-state index in [0.717, 1.165) is 18.8 Å². The third-order valence-corrected chi connectivity index (χ3v) is 2.69. The summed E-state index contributed by atoms with van der Waals surface area (Å²) >= 11 is 0. The Morgan fingerprint density at radius 1 is 1.69 bits per heavy atom. The highest BCUT2D eigenvalue weighted by Gasteiger charge is 2.25. The van der Waals surface area contributed by atoms with Crippen LogP contribution in [0.4, 0.5) is 5.82 Å². The van der Waals surface area contributed by atoms with Gasteiger partial charge in [-0.1, -0.05) is 5.11 Å². The van der Waals surface area contributed by atoms with Gasteiger partial charge >= 0.3 is 0 Å². The fourth-order valence-electron chi connectivity index (χ4n) is 1.85. The number of carbonyl (C=O) groups is 1. The number of nitrogens with zero attached hydrogens (tertiary/aromatic N) is 6. The highest BCUT2D eigenvalue weighted by Crippen LogP contribution is 2.19. The molecule has 2 rings (SSSR count). The van der Waals surface area contributed by atoms with Gasteiger partial charge in [0, 0.05) is 24.6 Å². The quantitative estimate of drug-likeness (QED) is 0.406. The molecular formula is C9H12N6O. The maximum absolute atomic E-state index is 12.0. The van der Waals surface area contributed by atoms with Crippen molar-refractivity contribution in [2.75, 3.05) is 11.9 Å². The second kappa shape index (κ2) is 4.24. The van der Waals surface area contributed by atoms with Crippen molar-refractivity contribution in [2.45, 2.75) is 25.4 Å². The Morgan fingerprint density at radius 2 is 2.50 bits per heavy atom. The van der Waals surface area contributed by atoms with E-state index in [1.54, 1.807) is 24.0 Å². The van der Waals surface area contributed by atoms with Crippen LogP contribution in [0.5, 0.6) is 0 Å². The zero-order chi connectivity index (χ0) is 11.5. The molecule has 1 aliphatic rings. The molecule has 7 heteroatoms. The molecule has 1 aliphatic heterocycles. The summed E-state index contributed by atoms with van der Waals surface area (Å²) in [6.45, 7) is 0.734. The molecule has 0 N–H and O–H groups in total. The van der Waals surface area contributed by atoms with Crippen LogP contribution in [-0.4, -0.2) is 28.8 Å². The van der Waals surface area contributed by atoms with E-state index in [4.69, 9.17) is 5.53 Å². The third-order valence-electron chi connectivity index (χ3n) is 2.69. The number of likely N-dealkylation sites (N-methyl/N-ethyl adjacent to an activating group) is 1. The van der Waals surface area contributed by atoms with Crippen LogP contribution in [0.1, 0.15) is 12.8 Å². The summed E-state index contributed by atoms with van der Waals surface area (Å²) in [7, 11) is 1.67. The maximum atomic E-state index is 12.0. The normalized spacial score (nSPS) is 20.7. The Bertz CT molecular complexity index is 447. The number of aryl methyl sites for hydroxylation is 1. The van der Waals surface area contributed by atoms with Crippen molar-refractivity contribution in [1.29, 1.82) is 0 Å². The van der Waals surface area contributed by atoms with Gasteiger partial charge in [-0.25, -0.2) is 4.68 Å². The summed E-state index contributed by atoms with van der Waals surface area (Å²) in [5.74, 6) is 0.557. The molecule has 0 fully saturated rings. The highest BCUT2D eigenvalue weighted by molar-refractivity contribution is 5.96. The number of amides is 1. The van der Waals surface area contributed by atoms with Gasteiger partial charge in [-0.05, 0) is 18.4 Å². The molecule has 0 aliphatic carbocycles. The molecule has 1 unspecified atom stereocenters. The van der Waals surface area contributed by atoms with E-state index in [1.165, 1.54) is 4.90 Å². The SMILES string of the molecule is CN1C(=O)C(N=[N+]=[N-])CCCn2nccc21. The van der Waals surface area contributed by atoms with E-state index in [2.05, 4.69) is 15.1 Å². The zero-order valence-corrected chi connectivity index (χ0v) is 8.94.